The number of hydrogen-bond donors (Lipinski definition) is 2. The minimum absolute atomic E-state index is 0.0227. The number of rotatable bonds is 2. The molecule has 3 amide bonds. The zero-order chi connectivity index (χ0) is 16.8. The molecule has 23 heavy (non-hydrogen) atoms. The van der Waals surface area contributed by atoms with Crippen LogP contribution >= 0.6 is 0 Å². The number of benzene rings is 1. The maximum Gasteiger partial charge on any atom is 0.326 e. The largest absolute Gasteiger partial charge is 0.363 e. The fraction of sp³-hybridized carbons (Fsp3) is 0.333. The van der Waals surface area contributed by atoms with Crippen molar-refractivity contribution in [2.45, 2.75) is 33.2 Å². The van der Waals surface area contributed by atoms with E-state index in [-0.39, 0.29) is 11.2 Å². The van der Waals surface area contributed by atoms with Crippen LogP contribution in [0.2, 0.25) is 0 Å². The maximum atomic E-state index is 11.6. The van der Waals surface area contributed by atoms with E-state index < -0.39 is 11.9 Å². The number of nitrogens with zero attached hydrogens (tertiary/aromatic N) is 1. The van der Waals surface area contributed by atoms with Gasteiger partial charge in [0.05, 0.1) is 5.54 Å². The SMILES string of the molecule is CCN1c2ccc(/C=C3/NC(=O)NC3=O)cc2C(C)=CC1(C)C. The molecule has 5 heteroatoms. The molecule has 0 aromatic heterocycles. The third-order valence-electron chi connectivity index (χ3n) is 4.35. The number of hydrogen-bond acceptors (Lipinski definition) is 3. The Morgan fingerprint density at radius 3 is 2.57 bits per heavy atom. The van der Waals surface area contributed by atoms with Crippen molar-refractivity contribution in [2.24, 2.45) is 0 Å². The van der Waals surface area contributed by atoms with Crippen molar-refractivity contribution in [3.05, 3.63) is 41.1 Å². The second-order valence-electron chi connectivity index (χ2n) is 6.47. The molecule has 2 heterocycles. The smallest absolute Gasteiger partial charge is 0.326 e. The summed E-state index contributed by atoms with van der Waals surface area (Å²) in [6, 6.07) is 5.64. The number of amides is 3. The monoisotopic (exact) mass is 311 g/mol. The average molecular weight is 311 g/mol. The lowest BCUT2D eigenvalue weighted by Gasteiger charge is -2.42. The van der Waals surface area contributed by atoms with Crippen molar-refractivity contribution < 1.29 is 9.59 Å². The Morgan fingerprint density at radius 2 is 1.96 bits per heavy atom. The third-order valence-corrected chi connectivity index (χ3v) is 4.35. The van der Waals surface area contributed by atoms with Crippen molar-refractivity contribution >= 4 is 29.3 Å². The van der Waals surface area contributed by atoms with Gasteiger partial charge in [0.1, 0.15) is 5.70 Å². The molecule has 0 radical (unpaired) electrons. The summed E-state index contributed by atoms with van der Waals surface area (Å²) in [5.41, 5.74) is 4.71. The van der Waals surface area contributed by atoms with E-state index in [1.165, 1.54) is 11.3 Å². The van der Waals surface area contributed by atoms with Gasteiger partial charge in [-0.15, -0.1) is 0 Å². The van der Waals surface area contributed by atoms with Gasteiger partial charge in [0.15, 0.2) is 0 Å². The summed E-state index contributed by atoms with van der Waals surface area (Å²) in [5.74, 6) is -0.392. The summed E-state index contributed by atoms with van der Waals surface area (Å²) < 4.78 is 0. The molecule has 2 aliphatic rings. The van der Waals surface area contributed by atoms with Crippen LogP contribution in [0.1, 0.15) is 38.8 Å². The lowest BCUT2D eigenvalue weighted by molar-refractivity contribution is -0.115. The molecular formula is C18H21N3O2. The molecule has 1 saturated heterocycles. The molecule has 0 aliphatic carbocycles. The summed E-state index contributed by atoms with van der Waals surface area (Å²) in [6.45, 7) is 9.58. The highest BCUT2D eigenvalue weighted by molar-refractivity contribution is 6.14. The number of imide groups is 1. The molecule has 0 bridgehead atoms. The number of allylic oxidation sites excluding steroid dienone is 1. The second-order valence-corrected chi connectivity index (χ2v) is 6.47. The zero-order valence-electron chi connectivity index (χ0n) is 13.9. The molecular weight excluding hydrogens is 290 g/mol. The molecule has 1 aromatic rings. The Hall–Kier alpha value is -2.56. The Bertz CT molecular complexity index is 760. The van der Waals surface area contributed by atoms with E-state index in [9.17, 15) is 9.59 Å². The van der Waals surface area contributed by atoms with Gasteiger partial charge in [0.2, 0.25) is 0 Å². The van der Waals surface area contributed by atoms with Crippen LogP contribution < -0.4 is 15.5 Å². The third kappa shape index (κ3) is 2.63. The molecule has 0 unspecified atom stereocenters. The van der Waals surface area contributed by atoms with Crippen LogP contribution in [0.4, 0.5) is 10.5 Å². The average Bonchev–Trinajstić information content (AvgIpc) is 2.77. The van der Waals surface area contributed by atoms with Gasteiger partial charge in [-0.2, -0.15) is 0 Å². The van der Waals surface area contributed by atoms with Crippen LogP contribution in [0.5, 0.6) is 0 Å². The topological polar surface area (TPSA) is 61.4 Å². The van der Waals surface area contributed by atoms with E-state index in [0.717, 1.165) is 17.7 Å². The Balaban J connectivity index is 2.03. The first-order valence-electron chi connectivity index (χ1n) is 7.77. The van der Waals surface area contributed by atoms with E-state index in [1.54, 1.807) is 6.08 Å². The van der Waals surface area contributed by atoms with Crippen molar-refractivity contribution in [1.82, 2.24) is 10.6 Å². The molecule has 3 rings (SSSR count). The lowest BCUT2D eigenvalue weighted by atomic mass is 9.88. The van der Waals surface area contributed by atoms with Crippen molar-refractivity contribution in [2.75, 3.05) is 11.4 Å². The minimum Gasteiger partial charge on any atom is -0.363 e. The van der Waals surface area contributed by atoms with Gasteiger partial charge >= 0.3 is 6.03 Å². The normalized spacial score (nSPS) is 21.0. The molecule has 0 spiro atoms. The van der Waals surface area contributed by atoms with Crippen molar-refractivity contribution in [1.29, 1.82) is 0 Å². The number of carbonyl (C=O) groups is 2. The molecule has 2 aliphatic heterocycles. The van der Waals surface area contributed by atoms with E-state index in [4.69, 9.17) is 0 Å². The highest BCUT2D eigenvalue weighted by atomic mass is 16.2. The standard InChI is InChI=1S/C18H21N3O2/c1-5-21-15-7-6-12(9-14-16(22)20-17(23)19-14)8-13(15)11(2)10-18(21,3)4/h6-10H,5H2,1-4H3,(H2,19,20,22,23)/b14-9+. The number of nitrogens with one attached hydrogen (secondary N) is 2. The van der Waals surface area contributed by atoms with Gasteiger partial charge < -0.3 is 10.2 Å². The fourth-order valence-corrected chi connectivity index (χ4v) is 3.42. The molecule has 5 nitrogen and oxygen atoms in total. The lowest BCUT2D eigenvalue weighted by Crippen LogP contribution is -2.44. The quantitative estimate of drug-likeness (QED) is 0.652. The fourth-order valence-electron chi connectivity index (χ4n) is 3.42. The predicted octanol–water partition coefficient (Wildman–Crippen LogP) is 2.89. The molecule has 0 saturated carbocycles. The maximum absolute atomic E-state index is 11.6. The first-order valence-corrected chi connectivity index (χ1v) is 7.77. The second kappa shape index (κ2) is 5.26. The molecule has 1 aromatic carbocycles. The van der Waals surface area contributed by atoms with Gasteiger partial charge in [-0.1, -0.05) is 12.1 Å². The minimum atomic E-state index is -0.478. The summed E-state index contributed by atoms with van der Waals surface area (Å²) >= 11 is 0. The van der Waals surface area contributed by atoms with Gasteiger partial charge in [-0.05, 0) is 57.0 Å². The Labute approximate surface area is 136 Å². The van der Waals surface area contributed by atoms with Crippen LogP contribution in [0.25, 0.3) is 11.6 Å². The number of anilines is 1. The van der Waals surface area contributed by atoms with Crippen LogP contribution in [0.3, 0.4) is 0 Å². The number of likely N-dealkylation sites (N-methyl/N-ethyl adjacent to an activating group) is 1. The molecule has 2 N–H and O–H groups in total. The van der Waals surface area contributed by atoms with Gasteiger partial charge in [-0.25, -0.2) is 4.79 Å². The number of carbonyl (C=O) groups excluding carboxylic acids is 2. The summed E-state index contributed by atoms with van der Waals surface area (Å²) in [4.78, 5) is 25.2. The Morgan fingerprint density at radius 1 is 1.22 bits per heavy atom. The number of fused-ring (bicyclic) bond motifs is 1. The van der Waals surface area contributed by atoms with Crippen molar-refractivity contribution in [3.8, 4) is 0 Å². The van der Waals surface area contributed by atoms with Gasteiger partial charge in [0, 0.05) is 17.8 Å². The van der Waals surface area contributed by atoms with E-state index in [0.29, 0.717) is 0 Å². The highest BCUT2D eigenvalue weighted by Crippen LogP contribution is 2.39. The van der Waals surface area contributed by atoms with Crippen LogP contribution in [-0.2, 0) is 4.79 Å². The summed E-state index contributed by atoms with van der Waals surface area (Å²) in [7, 11) is 0. The van der Waals surface area contributed by atoms with Crippen LogP contribution in [-0.4, -0.2) is 24.0 Å². The van der Waals surface area contributed by atoms with Crippen LogP contribution in [0, 0.1) is 0 Å². The summed E-state index contributed by atoms with van der Waals surface area (Å²) in [5, 5.41) is 4.72. The van der Waals surface area contributed by atoms with E-state index in [2.05, 4.69) is 61.4 Å². The molecule has 120 valence electrons. The summed E-state index contributed by atoms with van der Waals surface area (Å²) in [6.07, 6.45) is 3.96. The first kappa shape index (κ1) is 15.3. The molecule has 1 fully saturated rings. The van der Waals surface area contributed by atoms with E-state index in [1.807, 2.05) is 6.07 Å². The first-order chi connectivity index (χ1) is 10.8. The Kier molecular flexibility index (Phi) is 3.51. The highest BCUT2D eigenvalue weighted by Gasteiger charge is 2.30. The van der Waals surface area contributed by atoms with Crippen LogP contribution in [0.15, 0.2) is 30.0 Å². The van der Waals surface area contributed by atoms with Gasteiger partial charge in [-0.3, -0.25) is 10.1 Å². The predicted molar refractivity (Wildman–Crippen MR) is 91.8 cm³/mol. The number of urea groups is 1. The van der Waals surface area contributed by atoms with Crippen molar-refractivity contribution in [3.63, 3.8) is 0 Å². The van der Waals surface area contributed by atoms with E-state index >= 15 is 0 Å². The molecule has 0 atom stereocenters. The zero-order valence-corrected chi connectivity index (χ0v) is 13.9. The van der Waals surface area contributed by atoms with Gasteiger partial charge in [0.25, 0.3) is 5.91 Å².